The van der Waals surface area contributed by atoms with Crippen LogP contribution in [0.1, 0.15) is 10.4 Å². The molecule has 0 aliphatic carbocycles. The van der Waals surface area contributed by atoms with E-state index in [1.54, 1.807) is 0 Å². The largest absolute Gasteiger partial charge is 0.429 e. The molecule has 0 spiro atoms. The molecule has 5 nitrogen and oxygen atoms in total. The molecule has 0 saturated heterocycles. The molecule has 1 amide bonds. The predicted molar refractivity (Wildman–Crippen MR) is 70.1 cm³/mol. The lowest BCUT2D eigenvalue weighted by Gasteiger charge is -2.16. The number of nitrogens with zero attached hydrogens (tertiary/aromatic N) is 2. The van der Waals surface area contributed by atoms with Gasteiger partial charge in [0.2, 0.25) is 5.13 Å². The zero-order chi connectivity index (χ0) is 14.6. The molecule has 8 heteroatoms. The Labute approximate surface area is 117 Å². The summed E-state index contributed by atoms with van der Waals surface area (Å²) in [6.07, 6.45) is -1.93. The molecule has 0 unspecified atom stereocenters. The second-order valence-electron chi connectivity index (χ2n) is 3.56. The second-order valence-corrected chi connectivity index (χ2v) is 4.34. The Morgan fingerprint density at radius 1 is 1.45 bits per heavy atom. The zero-order valence-corrected chi connectivity index (χ0v) is 10.9. The normalized spacial score (nSPS) is 10.9. The third kappa shape index (κ3) is 3.35. The van der Waals surface area contributed by atoms with Gasteiger partial charge in [0.25, 0.3) is 5.91 Å². The zero-order valence-electron chi connectivity index (χ0n) is 10.0. The van der Waals surface area contributed by atoms with Gasteiger partial charge in [0.05, 0.1) is 5.56 Å². The van der Waals surface area contributed by atoms with E-state index in [9.17, 15) is 13.6 Å². The Kier molecular flexibility index (Phi) is 4.04. The number of hydrogen-bond donors (Lipinski definition) is 1. The Morgan fingerprint density at radius 3 is 2.85 bits per heavy atom. The van der Waals surface area contributed by atoms with Crippen LogP contribution in [0.5, 0.6) is 5.75 Å². The van der Waals surface area contributed by atoms with Crippen molar-refractivity contribution < 1.29 is 18.3 Å². The first-order chi connectivity index (χ1) is 9.52. The fraction of sp³-hybridized carbons (Fsp3) is 0.0833. The van der Waals surface area contributed by atoms with Crippen LogP contribution in [0.4, 0.5) is 13.9 Å². The summed E-state index contributed by atoms with van der Waals surface area (Å²) in [6.45, 7) is 2.97. The molecule has 1 heterocycles. The van der Waals surface area contributed by atoms with Crippen LogP contribution in [-0.2, 0) is 0 Å². The number of aromatic nitrogens is 2. The highest BCUT2D eigenvalue weighted by Gasteiger charge is 2.28. The number of amides is 1. The minimum atomic E-state index is -3.56. The predicted octanol–water partition coefficient (Wildman–Crippen LogP) is 2.95. The number of nitrogens with one attached hydrogen (secondary N) is 1. The van der Waals surface area contributed by atoms with Crippen LogP contribution in [0.15, 0.2) is 43.2 Å². The van der Waals surface area contributed by atoms with E-state index >= 15 is 0 Å². The highest BCUT2D eigenvalue weighted by atomic mass is 32.1. The number of halogens is 2. The van der Waals surface area contributed by atoms with Gasteiger partial charge in [-0.1, -0.05) is 18.7 Å². The second kappa shape index (κ2) is 5.74. The van der Waals surface area contributed by atoms with Crippen LogP contribution in [0.2, 0.25) is 0 Å². The van der Waals surface area contributed by atoms with Gasteiger partial charge >= 0.3 is 6.11 Å². The fourth-order valence-electron chi connectivity index (χ4n) is 1.32. The SMILES string of the molecule is C=CC(F)(F)Oc1ccccc1C(=O)Nc1ncns1. The minimum Gasteiger partial charge on any atom is -0.429 e. The molecular formula is C12H9F2N3O2S. The maximum atomic E-state index is 13.2. The van der Waals surface area contributed by atoms with E-state index in [0.717, 1.165) is 11.5 Å². The molecule has 0 radical (unpaired) electrons. The van der Waals surface area contributed by atoms with E-state index in [-0.39, 0.29) is 16.4 Å². The highest BCUT2D eigenvalue weighted by Crippen LogP contribution is 2.26. The lowest BCUT2D eigenvalue weighted by atomic mass is 10.2. The summed E-state index contributed by atoms with van der Waals surface area (Å²) in [6, 6.07) is 5.65. The summed E-state index contributed by atoms with van der Waals surface area (Å²) in [5, 5.41) is 2.70. The van der Waals surface area contributed by atoms with Gasteiger partial charge in [-0.3, -0.25) is 10.1 Å². The van der Waals surface area contributed by atoms with Crippen molar-refractivity contribution in [3.63, 3.8) is 0 Å². The smallest absolute Gasteiger partial charge is 0.419 e. The van der Waals surface area contributed by atoms with Crippen molar-refractivity contribution in [3.8, 4) is 5.75 Å². The van der Waals surface area contributed by atoms with Crippen molar-refractivity contribution in [1.82, 2.24) is 9.36 Å². The first kappa shape index (κ1) is 14.1. The van der Waals surface area contributed by atoms with E-state index in [1.165, 1.54) is 30.6 Å². The van der Waals surface area contributed by atoms with Crippen LogP contribution >= 0.6 is 11.5 Å². The summed E-state index contributed by atoms with van der Waals surface area (Å²) < 4.78 is 34.5. The van der Waals surface area contributed by atoms with Crippen molar-refractivity contribution >= 4 is 22.6 Å². The van der Waals surface area contributed by atoms with Gasteiger partial charge in [0.15, 0.2) is 0 Å². The lowest BCUT2D eigenvalue weighted by molar-refractivity contribution is -0.131. The first-order valence-electron chi connectivity index (χ1n) is 5.39. The minimum absolute atomic E-state index is 0.0378. The Hall–Kier alpha value is -2.35. The van der Waals surface area contributed by atoms with Crippen LogP contribution in [0.25, 0.3) is 0 Å². The van der Waals surface area contributed by atoms with Gasteiger partial charge in [-0.05, 0) is 12.1 Å². The third-order valence-corrected chi connectivity index (χ3v) is 2.78. The Balaban J connectivity index is 2.23. The molecule has 1 N–H and O–H groups in total. The van der Waals surface area contributed by atoms with E-state index in [1.807, 2.05) is 0 Å². The quantitative estimate of drug-likeness (QED) is 0.862. The number of para-hydroxylation sites is 1. The summed E-state index contributed by atoms with van der Waals surface area (Å²) in [5.74, 6) is -0.864. The van der Waals surface area contributed by atoms with Gasteiger partial charge in [-0.25, -0.2) is 4.98 Å². The van der Waals surface area contributed by atoms with E-state index < -0.39 is 12.0 Å². The van der Waals surface area contributed by atoms with Gasteiger partial charge < -0.3 is 4.74 Å². The number of rotatable bonds is 5. The molecule has 2 rings (SSSR count). The molecule has 1 aromatic heterocycles. The van der Waals surface area contributed by atoms with E-state index in [0.29, 0.717) is 6.08 Å². The van der Waals surface area contributed by atoms with Crippen LogP contribution < -0.4 is 10.1 Å². The van der Waals surface area contributed by atoms with Crippen molar-refractivity contribution in [2.45, 2.75) is 6.11 Å². The average Bonchev–Trinajstić information content (AvgIpc) is 2.91. The molecule has 0 aliphatic heterocycles. The number of benzene rings is 1. The van der Waals surface area contributed by atoms with Gasteiger partial charge in [0.1, 0.15) is 12.1 Å². The number of anilines is 1. The molecule has 0 fully saturated rings. The molecule has 0 atom stereocenters. The molecule has 104 valence electrons. The fourth-order valence-corrected chi connectivity index (χ4v) is 1.75. The van der Waals surface area contributed by atoms with Gasteiger partial charge in [-0.15, -0.1) is 0 Å². The van der Waals surface area contributed by atoms with Crippen LogP contribution in [0.3, 0.4) is 0 Å². The van der Waals surface area contributed by atoms with Crippen molar-refractivity contribution in [2.24, 2.45) is 0 Å². The molecule has 0 bridgehead atoms. The molecule has 1 aromatic carbocycles. The lowest BCUT2D eigenvalue weighted by Crippen LogP contribution is -2.23. The van der Waals surface area contributed by atoms with E-state index in [4.69, 9.17) is 0 Å². The average molecular weight is 297 g/mol. The van der Waals surface area contributed by atoms with E-state index in [2.05, 4.69) is 26.0 Å². The number of ether oxygens (including phenoxy) is 1. The Morgan fingerprint density at radius 2 is 2.20 bits per heavy atom. The van der Waals surface area contributed by atoms with Crippen LogP contribution in [0, 0.1) is 0 Å². The number of carbonyl (C=O) groups is 1. The van der Waals surface area contributed by atoms with Crippen molar-refractivity contribution in [3.05, 3.63) is 48.8 Å². The third-order valence-electron chi connectivity index (χ3n) is 2.20. The summed E-state index contributed by atoms with van der Waals surface area (Å²) in [4.78, 5) is 15.8. The molecular weight excluding hydrogens is 288 g/mol. The first-order valence-corrected chi connectivity index (χ1v) is 6.16. The monoisotopic (exact) mass is 297 g/mol. The maximum absolute atomic E-state index is 13.2. The highest BCUT2D eigenvalue weighted by molar-refractivity contribution is 7.09. The molecule has 20 heavy (non-hydrogen) atoms. The van der Waals surface area contributed by atoms with Gasteiger partial charge in [-0.2, -0.15) is 13.2 Å². The van der Waals surface area contributed by atoms with Crippen molar-refractivity contribution in [1.29, 1.82) is 0 Å². The molecule has 0 saturated carbocycles. The standard InChI is InChI=1S/C12H9F2N3O2S/c1-2-12(13,14)19-9-6-4-3-5-8(9)10(18)17-11-15-7-16-20-11/h2-7H,1H2,(H,15,16,17,18). The molecule has 0 aliphatic rings. The Bertz CT molecular complexity index is 617. The molecule has 2 aromatic rings. The van der Waals surface area contributed by atoms with Crippen molar-refractivity contribution in [2.75, 3.05) is 5.32 Å². The van der Waals surface area contributed by atoms with Gasteiger partial charge in [0, 0.05) is 17.6 Å². The number of alkyl halides is 2. The van der Waals surface area contributed by atoms with Crippen LogP contribution in [-0.4, -0.2) is 21.4 Å². The summed E-state index contributed by atoms with van der Waals surface area (Å²) in [5.41, 5.74) is -0.0378. The summed E-state index contributed by atoms with van der Waals surface area (Å²) >= 11 is 0.971. The summed E-state index contributed by atoms with van der Waals surface area (Å²) in [7, 11) is 0. The topological polar surface area (TPSA) is 64.1 Å². The maximum Gasteiger partial charge on any atom is 0.419 e. The number of hydrogen-bond acceptors (Lipinski definition) is 5. The number of carbonyl (C=O) groups excluding carboxylic acids is 1.